The Balaban J connectivity index is 2.04. The average molecular weight is 273 g/mol. The van der Waals surface area contributed by atoms with Crippen LogP contribution in [0.25, 0.3) is 0 Å². The van der Waals surface area contributed by atoms with Gasteiger partial charge >= 0.3 is 0 Å². The van der Waals surface area contributed by atoms with Crippen molar-refractivity contribution in [1.29, 1.82) is 0 Å². The molecule has 0 fully saturated rings. The molecule has 2 rings (SSSR count). The Kier molecular flexibility index (Phi) is 4.41. The number of hydrogen-bond acceptors (Lipinski definition) is 4. The van der Waals surface area contributed by atoms with E-state index in [0.29, 0.717) is 0 Å². The van der Waals surface area contributed by atoms with Gasteiger partial charge in [0.05, 0.1) is 11.8 Å². The molecule has 0 aliphatic heterocycles. The maximum atomic E-state index is 12.0. The number of pyridine rings is 1. The molecule has 0 unspecified atom stereocenters. The third-order valence-corrected chi connectivity index (χ3v) is 3.74. The molecular weight excluding hydrogens is 258 g/mol. The second-order valence-corrected chi connectivity index (χ2v) is 5.10. The van der Waals surface area contributed by atoms with E-state index in [0.717, 1.165) is 23.1 Å². The van der Waals surface area contributed by atoms with Gasteiger partial charge in [0.15, 0.2) is 0 Å². The number of thiophene rings is 1. The van der Waals surface area contributed by atoms with E-state index in [1.54, 1.807) is 29.9 Å². The van der Waals surface area contributed by atoms with Gasteiger partial charge in [0.25, 0.3) is 5.91 Å². The smallest absolute Gasteiger partial charge is 0.267 e. The summed E-state index contributed by atoms with van der Waals surface area (Å²) in [5, 5.41) is 5.84. The lowest BCUT2D eigenvalue weighted by Gasteiger charge is -2.01. The van der Waals surface area contributed by atoms with Gasteiger partial charge in [-0.3, -0.25) is 9.78 Å². The lowest BCUT2D eigenvalue weighted by Crippen LogP contribution is -2.18. The molecule has 2 heterocycles. The summed E-state index contributed by atoms with van der Waals surface area (Å²) in [6, 6.07) is 3.64. The minimum absolute atomic E-state index is 0.161. The van der Waals surface area contributed by atoms with Crippen LogP contribution in [0.2, 0.25) is 0 Å². The zero-order chi connectivity index (χ0) is 13.7. The summed E-state index contributed by atoms with van der Waals surface area (Å²) in [5.41, 5.74) is 5.27. The first-order valence-corrected chi connectivity index (χ1v) is 6.90. The second-order valence-electron chi connectivity index (χ2n) is 4.02. The molecule has 98 valence electrons. The summed E-state index contributed by atoms with van der Waals surface area (Å²) in [6.07, 6.45) is 5.82. The SMILES string of the molecule is CCc1c(C(=O)N/N=C\c2ccncc2)csc1C. The summed E-state index contributed by atoms with van der Waals surface area (Å²) in [4.78, 5) is 17.1. The van der Waals surface area contributed by atoms with Crippen LogP contribution in [0, 0.1) is 6.92 Å². The van der Waals surface area contributed by atoms with Gasteiger partial charge in [0.2, 0.25) is 0 Å². The summed E-state index contributed by atoms with van der Waals surface area (Å²) in [7, 11) is 0. The van der Waals surface area contributed by atoms with Crippen molar-refractivity contribution in [2.75, 3.05) is 0 Å². The van der Waals surface area contributed by atoms with Crippen molar-refractivity contribution in [3.8, 4) is 0 Å². The highest BCUT2D eigenvalue weighted by Gasteiger charge is 2.13. The van der Waals surface area contributed by atoms with E-state index in [4.69, 9.17) is 0 Å². The Morgan fingerprint density at radius 3 is 2.89 bits per heavy atom. The summed E-state index contributed by atoms with van der Waals surface area (Å²) in [5.74, 6) is -0.161. The molecular formula is C14H15N3OS. The highest BCUT2D eigenvalue weighted by Crippen LogP contribution is 2.22. The molecule has 1 N–H and O–H groups in total. The maximum Gasteiger partial charge on any atom is 0.272 e. The molecule has 0 radical (unpaired) electrons. The normalized spacial score (nSPS) is 10.8. The molecule has 0 atom stereocenters. The summed E-state index contributed by atoms with van der Waals surface area (Å²) < 4.78 is 0. The number of hydrogen-bond donors (Lipinski definition) is 1. The standard InChI is InChI=1S/C14H15N3OS/c1-3-12-10(2)19-9-13(12)14(18)17-16-8-11-4-6-15-7-5-11/h4-9H,3H2,1-2H3,(H,17,18)/b16-8-. The third kappa shape index (κ3) is 3.26. The number of hydrazone groups is 1. The second kappa shape index (κ2) is 6.24. The molecule has 5 heteroatoms. The fraction of sp³-hybridized carbons (Fsp3) is 0.214. The Morgan fingerprint density at radius 2 is 2.21 bits per heavy atom. The monoisotopic (exact) mass is 273 g/mol. The zero-order valence-electron chi connectivity index (χ0n) is 10.9. The topological polar surface area (TPSA) is 54.4 Å². The third-order valence-electron chi connectivity index (χ3n) is 2.79. The van der Waals surface area contributed by atoms with Crippen molar-refractivity contribution in [3.05, 3.63) is 51.5 Å². The van der Waals surface area contributed by atoms with Gasteiger partial charge in [-0.15, -0.1) is 11.3 Å². The highest BCUT2D eigenvalue weighted by molar-refractivity contribution is 7.10. The summed E-state index contributed by atoms with van der Waals surface area (Å²) in [6.45, 7) is 4.08. The number of nitrogens with one attached hydrogen (secondary N) is 1. The first kappa shape index (κ1) is 13.4. The van der Waals surface area contributed by atoms with E-state index in [1.807, 2.05) is 31.4 Å². The molecule has 2 aromatic heterocycles. The van der Waals surface area contributed by atoms with Crippen molar-refractivity contribution in [2.24, 2.45) is 5.10 Å². The average Bonchev–Trinajstić information content (AvgIpc) is 2.81. The molecule has 0 saturated heterocycles. The largest absolute Gasteiger partial charge is 0.272 e. The van der Waals surface area contributed by atoms with E-state index >= 15 is 0 Å². The quantitative estimate of drug-likeness (QED) is 0.688. The van der Waals surface area contributed by atoms with Crippen LogP contribution in [0.1, 0.15) is 33.3 Å². The molecule has 0 saturated carbocycles. The van der Waals surface area contributed by atoms with Gasteiger partial charge in [-0.25, -0.2) is 5.43 Å². The van der Waals surface area contributed by atoms with Crippen LogP contribution in [0.5, 0.6) is 0 Å². The number of carbonyl (C=O) groups excluding carboxylic acids is 1. The summed E-state index contributed by atoms with van der Waals surface area (Å²) >= 11 is 1.59. The van der Waals surface area contributed by atoms with Crippen LogP contribution in [-0.4, -0.2) is 17.1 Å². The van der Waals surface area contributed by atoms with Gasteiger partial charge in [-0.1, -0.05) is 6.92 Å². The molecule has 0 spiro atoms. The van der Waals surface area contributed by atoms with Crippen molar-refractivity contribution in [2.45, 2.75) is 20.3 Å². The van der Waals surface area contributed by atoms with Crippen molar-refractivity contribution in [1.82, 2.24) is 10.4 Å². The number of aromatic nitrogens is 1. The van der Waals surface area contributed by atoms with Crippen molar-refractivity contribution < 1.29 is 4.79 Å². The lowest BCUT2D eigenvalue weighted by molar-refractivity contribution is 0.0954. The molecule has 2 aromatic rings. The van der Waals surface area contributed by atoms with Crippen LogP contribution in [-0.2, 0) is 6.42 Å². The Labute approximate surface area is 116 Å². The number of rotatable bonds is 4. The van der Waals surface area contributed by atoms with Gasteiger partial charge in [0, 0.05) is 22.7 Å². The molecule has 19 heavy (non-hydrogen) atoms. The van der Waals surface area contributed by atoms with E-state index in [-0.39, 0.29) is 5.91 Å². The number of aryl methyl sites for hydroxylation is 1. The maximum absolute atomic E-state index is 12.0. The number of nitrogens with zero attached hydrogens (tertiary/aromatic N) is 2. The Bertz CT molecular complexity index is 590. The minimum atomic E-state index is -0.161. The lowest BCUT2D eigenvalue weighted by atomic mass is 10.1. The van der Waals surface area contributed by atoms with Crippen molar-refractivity contribution in [3.63, 3.8) is 0 Å². The van der Waals surface area contributed by atoms with Crippen LogP contribution in [0.4, 0.5) is 0 Å². The van der Waals surface area contributed by atoms with Gasteiger partial charge in [-0.05, 0) is 36.6 Å². The van der Waals surface area contributed by atoms with E-state index in [2.05, 4.69) is 15.5 Å². The molecule has 4 nitrogen and oxygen atoms in total. The van der Waals surface area contributed by atoms with Gasteiger partial charge in [0.1, 0.15) is 0 Å². The van der Waals surface area contributed by atoms with Crippen molar-refractivity contribution >= 4 is 23.5 Å². The molecule has 0 aliphatic rings. The van der Waals surface area contributed by atoms with Crippen LogP contribution in [0.3, 0.4) is 0 Å². The van der Waals surface area contributed by atoms with Gasteiger partial charge < -0.3 is 0 Å². The number of carbonyl (C=O) groups is 1. The Morgan fingerprint density at radius 1 is 1.47 bits per heavy atom. The van der Waals surface area contributed by atoms with Crippen LogP contribution >= 0.6 is 11.3 Å². The fourth-order valence-corrected chi connectivity index (χ4v) is 2.72. The van der Waals surface area contributed by atoms with E-state index in [9.17, 15) is 4.79 Å². The number of amides is 1. The predicted molar refractivity (Wildman–Crippen MR) is 77.7 cm³/mol. The first-order chi connectivity index (χ1) is 9.22. The van der Waals surface area contributed by atoms with E-state index < -0.39 is 0 Å². The molecule has 0 bridgehead atoms. The van der Waals surface area contributed by atoms with Crippen LogP contribution < -0.4 is 5.43 Å². The first-order valence-electron chi connectivity index (χ1n) is 6.02. The fourth-order valence-electron chi connectivity index (χ4n) is 1.78. The molecule has 0 aromatic carbocycles. The van der Waals surface area contributed by atoms with E-state index in [1.165, 1.54) is 4.88 Å². The van der Waals surface area contributed by atoms with Gasteiger partial charge in [-0.2, -0.15) is 5.10 Å². The Hall–Kier alpha value is -2.01. The molecule has 1 amide bonds. The molecule has 0 aliphatic carbocycles. The predicted octanol–water partition coefficient (Wildman–Crippen LogP) is 2.78. The zero-order valence-corrected chi connectivity index (χ0v) is 11.7. The van der Waals surface area contributed by atoms with Crippen LogP contribution in [0.15, 0.2) is 35.0 Å². The highest BCUT2D eigenvalue weighted by atomic mass is 32.1. The minimum Gasteiger partial charge on any atom is -0.267 e.